The molecule has 3 aromatic rings. The summed E-state index contributed by atoms with van der Waals surface area (Å²) >= 11 is 0. The SMILES string of the molecule is CCOP(=O)(COCC1CCC(n2c(=O)c(-c3ccc(OC)nc3)cc3c(C)nc(N)nc32)CC1)OCC. The zero-order valence-electron chi connectivity index (χ0n) is 22.4. The van der Waals surface area contributed by atoms with E-state index in [-0.39, 0.29) is 29.8 Å². The highest BCUT2D eigenvalue weighted by Crippen LogP contribution is 2.48. The maximum atomic E-state index is 13.9. The molecule has 1 fully saturated rings. The summed E-state index contributed by atoms with van der Waals surface area (Å²) in [6, 6.07) is 5.32. The summed E-state index contributed by atoms with van der Waals surface area (Å²) in [6.07, 6.45) is 4.80. The van der Waals surface area contributed by atoms with Crippen molar-refractivity contribution >= 4 is 24.6 Å². The first-order valence-electron chi connectivity index (χ1n) is 12.9. The third kappa shape index (κ3) is 6.23. The van der Waals surface area contributed by atoms with Crippen molar-refractivity contribution in [3.63, 3.8) is 0 Å². The number of aryl methyl sites for hydroxylation is 1. The Morgan fingerprint density at radius 1 is 1.11 bits per heavy atom. The van der Waals surface area contributed by atoms with Crippen LogP contribution in [0.2, 0.25) is 0 Å². The maximum Gasteiger partial charge on any atom is 0.356 e. The molecule has 2 N–H and O–H groups in total. The van der Waals surface area contributed by atoms with Crippen LogP contribution in [-0.2, 0) is 18.3 Å². The topological polar surface area (TPSA) is 141 Å². The number of aromatic nitrogens is 4. The maximum absolute atomic E-state index is 13.9. The van der Waals surface area contributed by atoms with Gasteiger partial charge in [-0.1, -0.05) is 0 Å². The van der Waals surface area contributed by atoms with Crippen LogP contribution < -0.4 is 16.0 Å². The normalized spacial score (nSPS) is 18.1. The smallest absolute Gasteiger partial charge is 0.356 e. The number of nitrogens with zero attached hydrogens (tertiary/aromatic N) is 4. The van der Waals surface area contributed by atoms with Gasteiger partial charge in [-0.25, -0.2) is 9.97 Å². The number of anilines is 1. The van der Waals surface area contributed by atoms with Gasteiger partial charge in [-0.3, -0.25) is 13.9 Å². The molecule has 3 heterocycles. The monoisotopic (exact) mass is 545 g/mol. The summed E-state index contributed by atoms with van der Waals surface area (Å²) in [7, 11) is -1.69. The van der Waals surface area contributed by atoms with Crippen LogP contribution in [0.15, 0.2) is 29.2 Å². The van der Waals surface area contributed by atoms with Crippen LogP contribution >= 0.6 is 7.60 Å². The third-order valence-electron chi connectivity index (χ3n) is 6.79. The molecule has 0 saturated heterocycles. The van der Waals surface area contributed by atoms with Crippen LogP contribution in [0.4, 0.5) is 5.95 Å². The van der Waals surface area contributed by atoms with Crippen LogP contribution in [0.25, 0.3) is 22.2 Å². The van der Waals surface area contributed by atoms with Crippen molar-refractivity contribution in [2.75, 3.05) is 39.0 Å². The predicted octanol–water partition coefficient (Wildman–Crippen LogP) is 4.72. The molecular formula is C26H36N5O6P. The number of hydrogen-bond donors (Lipinski definition) is 1. The van der Waals surface area contributed by atoms with E-state index in [0.717, 1.165) is 31.1 Å². The van der Waals surface area contributed by atoms with Gasteiger partial charge < -0.3 is 24.3 Å². The molecule has 0 atom stereocenters. The average Bonchev–Trinajstić information content (AvgIpc) is 2.89. The number of nitrogens with two attached hydrogens (primary N) is 1. The second-order valence-electron chi connectivity index (χ2n) is 9.35. The minimum atomic E-state index is -3.24. The quantitative estimate of drug-likeness (QED) is 0.336. The fourth-order valence-corrected chi connectivity index (χ4v) is 6.32. The molecular weight excluding hydrogens is 509 g/mol. The summed E-state index contributed by atoms with van der Waals surface area (Å²) in [4.78, 5) is 26.9. The van der Waals surface area contributed by atoms with Crippen molar-refractivity contribution in [3.8, 4) is 17.0 Å². The Hall–Kier alpha value is -2.85. The van der Waals surface area contributed by atoms with Gasteiger partial charge in [-0.2, -0.15) is 4.98 Å². The first-order chi connectivity index (χ1) is 18.3. The molecule has 0 radical (unpaired) electrons. The van der Waals surface area contributed by atoms with E-state index in [1.807, 2.05) is 19.1 Å². The molecule has 3 aromatic heterocycles. The number of pyridine rings is 2. The molecule has 12 heteroatoms. The van der Waals surface area contributed by atoms with E-state index in [2.05, 4.69) is 15.0 Å². The second kappa shape index (κ2) is 12.3. The van der Waals surface area contributed by atoms with Crippen LogP contribution in [0.1, 0.15) is 51.3 Å². The predicted molar refractivity (Wildman–Crippen MR) is 145 cm³/mol. The number of rotatable bonds is 11. The van der Waals surface area contributed by atoms with Crippen molar-refractivity contribution in [2.24, 2.45) is 5.92 Å². The first-order valence-corrected chi connectivity index (χ1v) is 14.7. The van der Waals surface area contributed by atoms with Gasteiger partial charge in [0, 0.05) is 34.8 Å². The lowest BCUT2D eigenvalue weighted by atomic mass is 9.86. The summed E-state index contributed by atoms with van der Waals surface area (Å²) < 4.78 is 36.0. The van der Waals surface area contributed by atoms with Gasteiger partial charge in [0.15, 0.2) is 0 Å². The van der Waals surface area contributed by atoms with Gasteiger partial charge in [0.25, 0.3) is 5.56 Å². The van der Waals surface area contributed by atoms with E-state index in [9.17, 15) is 9.36 Å². The molecule has 1 aliphatic carbocycles. The van der Waals surface area contributed by atoms with Crippen molar-refractivity contribution in [2.45, 2.75) is 52.5 Å². The number of nitrogen functional groups attached to an aromatic ring is 1. The molecule has 0 spiro atoms. The van der Waals surface area contributed by atoms with E-state index < -0.39 is 7.60 Å². The van der Waals surface area contributed by atoms with E-state index in [0.29, 0.717) is 48.2 Å². The van der Waals surface area contributed by atoms with Gasteiger partial charge in [0.1, 0.15) is 12.0 Å². The highest BCUT2D eigenvalue weighted by atomic mass is 31.2. The van der Waals surface area contributed by atoms with Crippen molar-refractivity contribution in [1.82, 2.24) is 19.5 Å². The average molecular weight is 546 g/mol. The first kappa shape index (κ1) is 28.2. The number of hydrogen-bond acceptors (Lipinski definition) is 10. The summed E-state index contributed by atoms with van der Waals surface area (Å²) in [5.74, 6) is 0.888. The number of ether oxygens (including phenoxy) is 2. The summed E-state index contributed by atoms with van der Waals surface area (Å²) in [5.41, 5.74) is 8.31. The van der Waals surface area contributed by atoms with Crippen LogP contribution in [0.3, 0.4) is 0 Å². The molecule has 4 rings (SSSR count). The molecule has 0 unspecified atom stereocenters. The summed E-state index contributed by atoms with van der Waals surface area (Å²) in [6.45, 7) is 6.47. The molecule has 0 aromatic carbocycles. The van der Waals surface area contributed by atoms with Gasteiger partial charge >= 0.3 is 7.60 Å². The zero-order chi connectivity index (χ0) is 27.3. The van der Waals surface area contributed by atoms with Crippen molar-refractivity contribution in [3.05, 3.63) is 40.4 Å². The van der Waals surface area contributed by atoms with E-state index >= 15 is 0 Å². The minimum absolute atomic E-state index is 0.0564. The molecule has 206 valence electrons. The highest BCUT2D eigenvalue weighted by Gasteiger charge is 2.29. The second-order valence-corrected chi connectivity index (χ2v) is 11.3. The standard InChI is InChI=1S/C26H36N5O6P/c1-5-36-38(33,37-6-2)16-35-15-18-7-10-20(11-8-18)31-24-21(17(3)29-26(27)30-24)13-22(25(31)32)19-9-12-23(34-4)28-14-19/h9,12-14,18,20H,5-8,10-11,15-16H2,1-4H3,(H2,27,29,30). The Morgan fingerprint density at radius 2 is 1.82 bits per heavy atom. The lowest BCUT2D eigenvalue weighted by molar-refractivity contribution is 0.0871. The zero-order valence-corrected chi connectivity index (χ0v) is 23.3. The van der Waals surface area contributed by atoms with Crippen LogP contribution in [-0.4, -0.2) is 52.8 Å². The van der Waals surface area contributed by atoms with Gasteiger partial charge in [-0.15, -0.1) is 0 Å². The van der Waals surface area contributed by atoms with Gasteiger partial charge in [-0.05, 0) is 64.5 Å². The lowest BCUT2D eigenvalue weighted by Gasteiger charge is -2.31. The molecule has 1 saturated carbocycles. The van der Waals surface area contributed by atoms with E-state index in [4.69, 9.17) is 24.3 Å². The fraction of sp³-hybridized carbons (Fsp3) is 0.538. The lowest BCUT2D eigenvalue weighted by Crippen LogP contribution is -2.31. The minimum Gasteiger partial charge on any atom is -0.481 e. The molecule has 1 aliphatic rings. The van der Waals surface area contributed by atoms with Crippen LogP contribution in [0.5, 0.6) is 5.88 Å². The Kier molecular flexibility index (Phi) is 9.15. The number of methoxy groups -OCH3 is 1. The number of fused-ring (bicyclic) bond motifs is 1. The molecule has 0 aliphatic heterocycles. The van der Waals surface area contributed by atoms with E-state index in [1.54, 1.807) is 37.8 Å². The van der Waals surface area contributed by atoms with Gasteiger partial charge in [0.05, 0.1) is 32.6 Å². The Bertz CT molecular complexity index is 1340. The van der Waals surface area contributed by atoms with Crippen molar-refractivity contribution < 1.29 is 23.1 Å². The van der Waals surface area contributed by atoms with Crippen LogP contribution in [0, 0.1) is 12.8 Å². The Balaban J connectivity index is 1.57. The van der Waals surface area contributed by atoms with Crippen molar-refractivity contribution in [1.29, 1.82) is 0 Å². The molecule has 38 heavy (non-hydrogen) atoms. The third-order valence-corrected chi connectivity index (χ3v) is 8.59. The summed E-state index contributed by atoms with van der Waals surface area (Å²) in [5, 5.41) is 0.776. The highest BCUT2D eigenvalue weighted by molar-refractivity contribution is 7.53. The molecule has 0 bridgehead atoms. The van der Waals surface area contributed by atoms with E-state index in [1.165, 1.54) is 0 Å². The molecule has 11 nitrogen and oxygen atoms in total. The Morgan fingerprint density at radius 3 is 2.42 bits per heavy atom. The fourth-order valence-electron chi connectivity index (χ4n) is 4.98. The molecule has 0 amide bonds. The Labute approximate surface area is 222 Å². The largest absolute Gasteiger partial charge is 0.481 e. The van der Waals surface area contributed by atoms with Gasteiger partial charge in [0.2, 0.25) is 11.8 Å².